The van der Waals surface area contributed by atoms with E-state index < -0.39 is 0 Å². The molecule has 0 aliphatic carbocycles. The molecule has 0 spiro atoms. The molecule has 3 rings (SSSR count). The molecule has 8 nitrogen and oxygen atoms in total. The highest BCUT2D eigenvalue weighted by Crippen LogP contribution is 2.19. The lowest BCUT2D eigenvalue weighted by Gasteiger charge is -2.25. The molecule has 2 aromatic rings. The van der Waals surface area contributed by atoms with E-state index in [0.29, 0.717) is 48.6 Å². The minimum absolute atomic E-state index is 0. The Morgan fingerprint density at radius 3 is 3.04 bits per heavy atom. The summed E-state index contributed by atoms with van der Waals surface area (Å²) in [6.45, 7) is 3.88. The van der Waals surface area contributed by atoms with Gasteiger partial charge in [0.25, 0.3) is 0 Å². The van der Waals surface area contributed by atoms with Crippen molar-refractivity contribution >= 4 is 47.4 Å². The quantitative estimate of drug-likeness (QED) is 0.308. The monoisotopic (exact) mass is 518 g/mol. The smallest absolute Gasteiger partial charge is 0.228 e. The van der Waals surface area contributed by atoms with E-state index in [2.05, 4.69) is 31.1 Å². The van der Waals surface area contributed by atoms with Crippen LogP contribution in [0.15, 0.2) is 33.8 Å². The molecule has 1 aromatic heterocycles. The number of piperidine rings is 1. The van der Waals surface area contributed by atoms with Crippen molar-refractivity contribution < 1.29 is 9.32 Å². The van der Waals surface area contributed by atoms with Crippen LogP contribution in [0.4, 0.5) is 0 Å². The van der Waals surface area contributed by atoms with E-state index in [-0.39, 0.29) is 35.9 Å². The van der Waals surface area contributed by atoms with E-state index >= 15 is 0 Å². The van der Waals surface area contributed by atoms with Gasteiger partial charge in [-0.1, -0.05) is 28.9 Å². The first-order valence-corrected chi connectivity index (χ1v) is 9.42. The summed E-state index contributed by atoms with van der Waals surface area (Å²) in [6, 6.07) is 7.51. The number of hydrogen-bond donors (Lipinski definition) is 3. The van der Waals surface area contributed by atoms with Gasteiger partial charge in [0.15, 0.2) is 5.96 Å². The highest BCUT2D eigenvalue weighted by Gasteiger charge is 2.18. The number of halogens is 2. The van der Waals surface area contributed by atoms with Crippen LogP contribution < -0.4 is 16.0 Å². The number of carbonyl (C=O) groups excluding carboxylic acids is 1. The number of nitrogens with one attached hydrogen (secondary N) is 3. The number of rotatable bonds is 6. The molecule has 0 bridgehead atoms. The molecule has 1 unspecified atom stereocenters. The molecule has 1 fully saturated rings. The Morgan fingerprint density at radius 1 is 1.46 bits per heavy atom. The van der Waals surface area contributed by atoms with E-state index in [9.17, 15) is 4.79 Å². The van der Waals surface area contributed by atoms with Gasteiger partial charge in [0.05, 0.1) is 6.54 Å². The van der Waals surface area contributed by atoms with Gasteiger partial charge in [-0.2, -0.15) is 4.98 Å². The molecule has 10 heteroatoms. The molecule has 1 saturated heterocycles. The van der Waals surface area contributed by atoms with Crippen LogP contribution in [0, 0.1) is 0 Å². The van der Waals surface area contributed by atoms with Crippen molar-refractivity contribution in [2.75, 3.05) is 19.6 Å². The Kier molecular flexibility index (Phi) is 8.97. The molecule has 0 saturated carbocycles. The van der Waals surface area contributed by atoms with Crippen molar-refractivity contribution in [2.45, 2.75) is 32.2 Å². The first kappa shape index (κ1) is 22.4. The standard InChI is InChI=1S/C18H23ClN6O2.HI/c1-2-20-18(23-14-6-7-15(26)22-11-14)21-9-8-16-24-17(25-27-16)12-4-3-5-13(19)10-12;/h3-5,10,14H,2,6-9,11H2,1H3,(H,22,26)(H2,20,21,23);1H. The van der Waals surface area contributed by atoms with E-state index in [1.165, 1.54) is 0 Å². The molecule has 1 amide bonds. The van der Waals surface area contributed by atoms with Gasteiger partial charge in [0.2, 0.25) is 17.6 Å². The Bertz CT molecular complexity index is 803. The molecule has 3 N–H and O–H groups in total. The number of aromatic nitrogens is 2. The average molecular weight is 519 g/mol. The van der Waals surface area contributed by atoms with Crippen molar-refractivity contribution in [3.8, 4) is 11.4 Å². The van der Waals surface area contributed by atoms with E-state index in [1.54, 1.807) is 12.1 Å². The molecule has 1 aromatic carbocycles. The van der Waals surface area contributed by atoms with Crippen LogP contribution in [-0.2, 0) is 11.2 Å². The fourth-order valence-electron chi connectivity index (χ4n) is 2.73. The molecule has 1 atom stereocenters. The van der Waals surface area contributed by atoms with Gasteiger partial charge in [-0.25, -0.2) is 0 Å². The van der Waals surface area contributed by atoms with Gasteiger partial charge in [-0.05, 0) is 25.5 Å². The molecular weight excluding hydrogens is 495 g/mol. The average Bonchev–Trinajstić information content (AvgIpc) is 3.13. The van der Waals surface area contributed by atoms with E-state index in [0.717, 1.165) is 18.5 Å². The molecule has 0 radical (unpaired) electrons. The lowest BCUT2D eigenvalue weighted by molar-refractivity contribution is -0.122. The number of benzene rings is 1. The van der Waals surface area contributed by atoms with Gasteiger partial charge in [0.1, 0.15) is 0 Å². The Hall–Kier alpha value is -1.88. The second kappa shape index (κ2) is 11.2. The van der Waals surface area contributed by atoms with Gasteiger partial charge < -0.3 is 20.5 Å². The van der Waals surface area contributed by atoms with Crippen molar-refractivity contribution in [1.29, 1.82) is 0 Å². The summed E-state index contributed by atoms with van der Waals surface area (Å²) in [6.07, 6.45) is 1.86. The molecular formula is C18H24ClIN6O2. The predicted octanol–water partition coefficient (Wildman–Crippen LogP) is 2.38. The van der Waals surface area contributed by atoms with Crippen molar-refractivity contribution in [1.82, 2.24) is 26.1 Å². The third-order valence-electron chi connectivity index (χ3n) is 4.10. The topological polar surface area (TPSA) is 104 Å². The van der Waals surface area contributed by atoms with Crippen LogP contribution in [0.25, 0.3) is 11.4 Å². The van der Waals surface area contributed by atoms with Crippen LogP contribution in [0.2, 0.25) is 5.02 Å². The maximum atomic E-state index is 11.3. The zero-order valence-corrected chi connectivity index (χ0v) is 18.7. The third kappa shape index (κ3) is 6.62. The van der Waals surface area contributed by atoms with Gasteiger partial charge >= 0.3 is 0 Å². The normalized spacial score (nSPS) is 16.9. The van der Waals surface area contributed by atoms with Gasteiger partial charge in [-0.15, -0.1) is 24.0 Å². The Labute approximate surface area is 185 Å². The maximum absolute atomic E-state index is 11.3. The number of aliphatic imine (C=N–C) groups is 1. The van der Waals surface area contributed by atoms with E-state index in [1.807, 2.05) is 19.1 Å². The maximum Gasteiger partial charge on any atom is 0.228 e. The Morgan fingerprint density at radius 2 is 2.32 bits per heavy atom. The van der Waals surface area contributed by atoms with Crippen molar-refractivity contribution in [2.24, 2.45) is 4.99 Å². The van der Waals surface area contributed by atoms with Gasteiger partial charge in [0, 0.05) is 42.6 Å². The molecule has 152 valence electrons. The molecule has 1 aliphatic rings. The second-order valence-corrected chi connectivity index (χ2v) is 6.65. The zero-order valence-electron chi connectivity index (χ0n) is 15.6. The van der Waals surface area contributed by atoms with Crippen molar-refractivity contribution in [3.63, 3.8) is 0 Å². The van der Waals surface area contributed by atoms with Crippen LogP contribution in [-0.4, -0.2) is 47.7 Å². The minimum atomic E-state index is 0. The summed E-state index contributed by atoms with van der Waals surface area (Å²) < 4.78 is 5.30. The van der Waals surface area contributed by atoms with Gasteiger partial charge in [-0.3, -0.25) is 9.79 Å². The molecule has 2 heterocycles. The minimum Gasteiger partial charge on any atom is -0.357 e. The summed E-state index contributed by atoms with van der Waals surface area (Å²) in [7, 11) is 0. The summed E-state index contributed by atoms with van der Waals surface area (Å²) in [5.74, 6) is 1.85. The lowest BCUT2D eigenvalue weighted by atomic mass is 10.1. The predicted molar refractivity (Wildman–Crippen MR) is 119 cm³/mol. The number of carbonyl (C=O) groups is 1. The largest absolute Gasteiger partial charge is 0.357 e. The lowest BCUT2D eigenvalue weighted by Crippen LogP contribution is -2.51. The number of guanidine groups is 1. The van der Waals surface area contributed by atoms with Crippen LogP contribution >= 0.6 is 35.6 Å². The first-order chi connectivity index (χ1) is 13.1. The molecule has 1 aliphatic heterocycles. The first-order valence-electron chi connectivity index (χ1n) is 9.04. The number of hydrogen-bond acceptors (Lipinski definition) is 5. The van der Waals surface area contributed by atoms with Crippen LogP contribution in [0.3, 0.4) is 0 Å². The van der Waals surface area contributed by atoms with Crippen molar-refractivity contribution in [3.05, 3.63) is 35.2 Å². The summed E-state index contributed by atoms with van der Waals surface area (Å²) in [5, 5.41) is 14.0. The fourth-order valence-corrected chi connectivity index (χ4v) is 2.92. The summed E-state index contributed by atoms with van der Waals surface area (Å²) in [5.41, 5.74) is 0.815. The SMILES string of the molecule is CCNC(=NCCc1nc(-c2cccc(Cl)c2)no1)NC1CCC(=O)NC1.I. The van der Waals surface area contributed by atoms with Crippen LogP contribution in [0.1, 0.15) is 25.7 Å². The summed E-state index contributed by atoms with van der Waals surface area (Å²) >= 11 is 6.00. The molecule has 28 heavy (non-hydrogen) atoms. The highest BCUT2D eigenvalue weighted by molar-refractivity contribution is 14.0. The van der Waals surface area contributed by atoms with E-state index in [4.69, 9.17) is 16.1 Å². The zero-order chi connectivity index (χ0) is 19.1. The Balaban J connectivity index is 0.00000280. The highest BCUT2D eigenvalue weighted by atomic mass is 127. The number of amides is 1. The third-order valence-corrected chi connectivity index (χ3v) is 4.33. The summed E-state index contributed by atoms with van der Waals surface area (Å²) in [4.78, 5) is 20.2. The fraction of sp³-hybridized carbons (Fsp3) is 0.444. The number of nitrogens with zero attached hydrogens (tertiary/aromatic N) is 3. The second-order valence-electron chi connectivity index (χ2n) is 6.22. The van der Waals surface area contributed by atoms with Crippen LogP contribution in [0.5, 0.6) is 0 Å².